The van der Waals surface area contributed by atoms with Gasteiger partial charge in [-0.1, -0.05) is 37.6 Å². The highest BCUT2D eigenvalue weighted by molar-refractivity contribution is 5.93. The Balaban J connectivity index is 1.97. The fraction of sp³-hybridized carbons (Fsp3) is 0.417. The molecule has 0 saturated carbocycles. The van der Waals surface area contributed by atoms with Crippen LogP contribution in [0.5, 0.6) is 11.5 Å². The van der Waals surface area contributed by atoms with Crippen molar-refractivity contribution in [2.75, 3.05) is 33.1 Å². The normalized spacial score (nSPS) is 11.6. The molecule has 2 aromatic rings. The average molecular weight is 428 g/mol. The first kappa shape index (κ1) is 24.1. The SMILES string of the molecule is COc1ccc(CCN(C)C(=O)C(NC(=O)Nc2ccc(C)cc2)C(C)C)cc1OC. The lowest BCUT2D eigenvalue weighted by Gasteiger charge is -2.27. The molecular formula is C24H33N3O4. The van der Waals surface area contributed by atoms with Gasteiger partial charge in [-0.15, -0.1) is 0 Å². The van der Waals surface area contributed by atoms with Crippen LogP contribution in [0.3, 0.4) is 0 Å². The molecule has 0 aliphatic rings. The van der Waals surface area contributed by atoms with Gasteiger partial charge in [-0.2, -0.15) is 0 Å². The molecule has 0 fully saturated rings. The predicted molar refractivity (Wildman–Crippen MR) is 123 cm³/mol. The quantitative estimate of drug-likeness (QED) is 0.637. The van der Waals surface area contributed by atoms with E-state index < -0.39 is 12.1 Å². The topological polar surface area (TPSA) is 79.9 Å². The average Bonchev–Trinajstić information content (AvgIpc) is 2.76. The van der Waals surface area contributed by atoms with Gasteiger partial charge in [0.05, 0.1) is 14.2 Å². The number of carbonyl (C=O) groups excluding carboxylic acids is 2. The van der Waals surface area contributed by atoms with Crippen LogP contribution in [-0.4, -0.2) is 50.7 Å². The fourth-order valence-corrected chi connectivity index (χ4v) is 3.14. The largest absolute Gasteiger partial charge is 0.493 e. The molecule has 7 nitrogen and oxygen atoms in total. The van der Waals surface area contributed by atoms with E-state index in [-0.39, 0.29) is 11.8 Å². The second-order valence-corrected chi connectivity index (χ2v) is 7.89. The van der Waals surface area contributed by atoms with E-state index in [9.17, 15) is 9.59 Å². The zero-order chi connectivity index (χ0) is 23.0. The lowest BCUT2D eigenvalue weighted by molar-refractivity contribution is -0.132. The van der Waals surface area contributed by atoms with Gasteiger partial charge in [0.25, 0.3) is 0 Å². The molecule has 0 aliphatic heterocycles. The smallest absolute Gasteiger partial charge is 0.319 e. The van der Waals surface area contributed by atoms with Crippen molar-refractivity contribution in [3.8, 4) is 11.5 Å². The molecule has 0 heterocycles. The van der Waals surface area contributed by atoms with Crippen LogP contribution in [0, 0.1) is 12.8 Å². The summed E-state index contributed by atoms with van der Waals surface area (Å²) in [6, 6.07) is 12.2. The van der Waals surface area contributed by atoms with E-state index in [1.807, 2.05) is 63.2 Å². The molecule has 3 amide bonds. The number of amides is 3. The molecule has 168 valence electrons. The van der Waals surface area contributed by atoms with Gasteiger partial charge in [0.15, 0.2) is 11.5 Å². The number of methoxy groups -OCH3 is 2. The van der Waals surface area contributed by atoms with E-state index in [1.54, 1.807) is 26.2 Å². The maximum atomic E-state index is 13.0. The van der Waals surface area contributed by atoms with E-state index >= 15 is 0 Å². The Hall–Kier alpha value is -3.22. The van der Waals surface area contributed by atoms with Gasteiger partial charge in [0.2, 0.25) is 5.91 Å². The molecule has 7 heteroatoms. The Kier molecular flexibility index (Phi) is 8.73. The van der Waals surface area contributed by atoms with Crippen LogP contribution in [0.4, 0.5) is 10.5 Å². The summed E-state index contributed by atoms with van der Waals surface area (Å²) < 4.78 is 10.6. The number of nitrogens with one attached hydrogen (secondary N) is 2. The zero-order valence-corrected chi connectivity index (χ0v) is 19.2. The lowest BCUT2D eigenvalue weighted by Crippen LogP contribution is -2.51. The maximum Gasteiger partial charge on any atom is 0.319 e. The van der Waals surface area contributed by atoms with Gasteiger partial charge in [0, 0.05) is 19.3 Å². The first-order chi connectivity index (χ1) is 14.7. The predicted octanol–water partition coefficient (Wildman–Crippen LogP) is 3.86. The van der Waals surface area contributed by atoms with Crippen molar-refractivity contribution in [1.29, 1.82) is 0 Å². The van der Waals surface area contributed by atoms with Gasteiger partial charge >= 0.3 is 6.03 Å². The molecule has 1 atom stereocenters. The van der Waals surface area contributed by atoms with Crippen molar-refractivity contribution in [1.82, 2.24) is 10.2 Å². The van der Waals surface area contributed by atoms with E-state index in [0.717, 1.165) is 11.1 Å². The van der Waals surface area contributed by atoms with Crippen molar-refractivity contribution in [2.24, 2.45) is 5.92 Å². The third kappa shape index (κ3) is 6.91. The standard InChI is InChI=1S/C24H33N3O4/c1-16(2)22(26-24(29)25-19-10-7-17(3)8-11-19)23(28)27(4)14-13-18-9-12-20(30-5)21(15-18)31-6/h7-12,15-16,22H,13-14H2,1-6H3,(H2,25,26,29). The molecule has 0 spiro atoms. The number of hydrogen-bond acceptors (Lipinski definition) is 4. The number of hydrogen-bond donors (Lipinski definition) is 2. The fourth-order valence-electron chi connectivity index (χ4n) is 3.14. The number of rotatable bonds is 9. The van der Waals surface area contributed by atoms with E-state index in [0.29, 0.717) is 30.2 Å². The Morgan fingerprint density at radius 2 is 1.65 bits per heavy atom. The summed E-state index contributed by atoms with van der Waals surface area (Å²) in [4.78, 5) is 27.1. The zero-order valence-electron chi connectivity index (χ0n) is 19.2. The van der Waals surface area contributed by atoms with E-state index in [1.165, 1.54) is 0 Å². The van der Waals surface area contributed by atoms with Crippen LogP contribution >= 0.6 is 0 Å². The van der Waals surface area contributed by atoms with Crippen LogP contribution in [0.15, 0.2) is 42.5 Å². The van der Waals surface area contributed by atoms with Crippen LogP contribution in [-0.2, 0) is 11.2 Å². The number of likely N-dealkylation sites (N-methyl/N-ethyl adjacent to an activating group) is 1. The molecule has 0 bridgehead atoms. The third-order valence-corrected chi connectivity index (χ3v) is 5.09. The van der Waals surface area contributed by atoms with Crippen molar-refractivity contribution in [2.45, 2.75) is 33.2 Å². The van der Waals surface area contributed by atoms with Gasteiger partial charge in [-0.3, -0.25) is 4.79 Å². The van der Waals surface area contributed by atoms with Gasteiger partial charge in [-0.25, -0.2) is 4.79 Å². The number of ether oxygens (including phenoxy) is 2. The molecule has 0 aliphatic carbocycles. The van der Waals surface area contributed by atoms with E-state index in [4.69, 9.17) is 9.47 Å². The first-order valence-electron chi connectivity index (χ1n) is 10.3. The number of anilines is 1. The van der Waals surface area contributed by atoms with Crippen LogP contribution in [0.1, 0.15) is 25.0 Å². The summed E-state index contributed by atoms with van der Waals surface area (Å²) in [5, 5.41) is 5.60. The van der Waals surface area contributed by atoms with Crippen LogP contribution in [0.2, 0.25) is 0 Å². The minimum atomic E-state index is -0.624. The summed E-state index contributed by atoms with van der Waals surface area (Å²) in [5.74, 6) is 1.14. The highest BCUT2D eigenvalue weighted by atomic mass is 16.5. The number of nitrogens with zero attached hydrogens (tertiary/aromatic N) is 1. The Morgan fingerprint density at radius 3 is 2.23 bits per heavy atom. The highest BCUT2D eigenvalue weighted by Gasteiger charge is 2.27. The van der Waals surface area contributed by atoms with Crippen molar-refractivity contribution in [3.05, 3.63) is 53.6 Å². The summed E-state index contributed by atoms with van der Waals surface area (Å²) in [5.41, 5.74) is 2.82. The van der Waals surface area contributed by atoms with Gasteiger partial charge < -0.3 is 25.0 Å². The Bertz CT molecular complexity index is 881. The summed E-state index contributed by atoms with van der Waals surface area (Å²) >= 11 is 0. The summed E-state index contributed by atoms with van der Waals surface area (Å²) in [7, 11) is 4.94. The first-order valence-corrected chi connectivity index (χ1v) is 10.3. The summed E-state index contributed by atoms with van der Waals surface area (Å²) in [6.45, 7) is 6.32. The Morgan fingerprint density at radius 1 is 1.00 bits per heavy atom. The second-order valence-electron chi connectivity index (χ2n) is 7.89. The molecule has 1 unspecified atom stereocenters. The number of urea groups is 1. The summed E-state index contributed by atoms with van der Waals surface area (Å²) in [6.07, 6.45) is 0.656. The second kappa shape index (κ2) is 11.2. The van der Waals surface area contributed by atoms with Gasteiger partial charge in [-0.05, 0) is 49.1 Å². The number of benzene rings is 2. The molecule has 2 N–H and O–H groups in total. The van der Waals surface area contributed by atoms with Crippen LogP contribution < -0.4 is 20.1 Å². The van der Waals surface area contributed by atoms with Crippen molar-refractivity contribution < 1.29 is 19.1 Å². The minimum Gasteiger partial charge on any atom is -0.493 e. The van der Waals surface area contributed by atoms with Crippen molar-refractivity contribution >= 4 is 17.6 Å². The van der Waals surface area contributed by atoms with Crippen molar-refractivity contribution in [3.63, 3.8) is 0 Å². The van der Waals surface area contributed by atoms with E-state index in [2.05, 4.69) is 10.6 Å². The monoisotopic (exact) mass is 427 g/mol. The highest BCUT2D eigenvalue weighted by Crippen LogP contribution is 2.27. The third-order valence-electron chi connectivity index (χ3n) is 5.09. The molecule has 0 saturated heterocycles. The number of aryl methyl sites for hydroxylation is 1. The molecule has 2 rings (SSSR count). The van der Waals surface area contributed by atoms with Crippen LogP contribution in [0.25, 0.3) is 0 Å². The Labute approximate surface area is 184 Å². The number of carbonyl (C=O) groups is 2. The van der Waals surface area contributed by atoms with Gasteiger partial charge in [0.1, 0.15) is 6.04 Å². The maximum absolute atomic E-state index is 13.0. The molecule has 31 heavy (non-hydrogen) atoms. The molecule has 2 aromatic carbocycles. The molecule has 0 aromatic heterocycles. The molecular weight excluding hydrogens is 394 g/mol. The minimum absolute atomic E-state index is 0.0557. The molecule has 0 radical (unpaired) electrons. The lowest BCUT2D eigenvalue weighted by atomic mass is 10.0.